The average molecular weight is 193 g/mol. The normalized spacial score (nSPS) is 26.6. The molecule has 0 aliphatic carbocycles. The van der Waals surface area contributed by atoms with Crippen molar-refractivity contribution in [3.05, 3.63) is 0 Å². The number of amides is 1. The first-order valence-electron chi connectivity index (χ1n) is 3.58. The molecular formula is C6H11NO4S. The van der Waals surface area contributed by atoms with Gasteiger partial charge >= 0.3 is 6.09 Å². The Bertz CT molecular complexity index is 271. The van der Waals surface area contributed by atoms with Gasteiger partial charge in [-0.15, -0.1) is 0 Å². The smallest absolute Gasteiger partial charge is 0.407 e. The van der Waals surface area contributed by atoms with Crippen LogP contribution in [0.3, 0.4) is 0 Å². The van der Waals surface area contributed by atoms with Gasteiger partial charge in [0.25, 0.3) is 0 Å². The topological polar surface area (TPSA) is 72.5 Å². The molecular weight excluding hydrogens is 182 g/mol. The first-order valence-corrected chi connectivity index (χ1v) is 5.40. The van der Waals surface area contributed by atoms with Gasteiger partial charge < -0.3 is 10.1 Å². The summed E-state index contributed by atoms with van der Waals surface area (Å²) in [4.78, 5) is 10.7. The van der Waals surface area contributed by atoms with E-state index in [0.29, 0.717) is 6.42 Å². The van der Waals surface area contributed by atoms with Gasteiger partial charge in [0, 0.05) is 6.04 Å². The number of sulfone groups is 1. The summed E-state index contributed by atoms with van der Waals surface area (Å²) in [6.07, 6.45) is -0.0886. The van der Waals surface area contributed by atoms with Crippen molar-refractivity contribution in [3.63, 3.8) is 0 Å². The third-order valence-electron chi connectivity index (χ3n) is 1.74. The monoisotopic (exact) mass is 193 g/mol. The lowest BCUT2D eigenvalue weighted by atomic mass is 10.3. The van der Waals surface area contributed by atoms with Crippen LogP contribution in [0.15, 0.2) is 0 Å². The zero-order chi connectivity index (χ0) is 9.19. The summed E-state index contributed by atoms with van der Waals surface area (Å²) in [6, 6.07) is -0.276. The SMILES string of the molecule is COC(=O)N[C@H]1CCS(=O)(=O)C1. The zero-order valence-corrected chi connectivity index (χ0v) is 7.56. The number of methoxy groups -OCH3 is 1. The summed E-state index contributed by atoms with van der Waals surface area (Å²) < 4.78 is 26.2. The van der Waals surface area contributed by atoms with Crippen LogP contribution in [0.2, 0.25) is 0 Å². The second-order valence-electron chi connectivity index (χ2n) is 2.74. The van der Waals surface area contributed by atoms with E-state index in [9.17, 15) is 13.2 Å². The molecule has 6 heteroatoms. The van der Waals surface area contributed by atoms with E-state index in [-0.39, 0.29) is 17.5 Å². The molecule has 1 saturated heterocycles. The first-order chi connectivity index (χ1) is 5.53. The minimum atomic E-state index is -2.92. The molecule has 70 valence electrons. The Morgan fingerprint density at radius 2 is 2.25 bits per heavy atom. The van der Waals surface area contributed by atoms with Crippen LogP contribution in [0.4, 0.5) is 4.79 Å². The lowest BCUT2D eigenvalue weighted by Gasteiger charge is -2.08. The lowest BCUT2D eigenvalue weighted by Crippen LogP contribution is -2.35. The maximum Gasteiger partial charge on any atom is 0.407 e. The van der Waals surface area contributed by atoms with Crippen LogP contribution in [0.1, 0.15) is 6.42 Å². The second kappa shape index (κ2) is 3.30. The van der Waals surface area contributed by atoms with Gasteiger partial charge in [0.1, 0.15) is 0 Å². The van der Waals surface area contributed by atoms with Gasteiger partial charge in [0.05, 0.1) is 18.6 Å². The molecule has 0 aromatic carbocycles. The third-order valence-corrected chi connectivity index (χ3v) is 3.51. The highest BCUT2D eigenvalue weighted by Gasteiger charge is 2.28. The number of carbonyl (C=O) groups excluding carboxylic acids is 1. The van der Waals surface area contributed by atoms with Gasteiger partial charge in [0.15, 0.2) is 9.84 Å². The van der Waals surface area contributed by atoms with Gasteiger partial charge in [0.2, 0.25) is 0 Å². The van der Waals surface area contributed by atoms with Crippen molar-refractivity contribution in [1.29, 1.82) is 0 Å². The van der Waals surface area contributed by atoms with Crippen molar-refractivity contribution in [2.75, 3.05) is 18.6 Å². The van der Waals surface area contributed by atoms with E-state index < -0.39 is 15.9 Å². The molecule has 1 amide bonds. The number of ether oxygens (including phenoxy) is 1. The summed E-state index contributed by atoms with van der Waals surface area (Å²) >= 11 is 0. The minimum absolute atomic E-state index is 0.0299. The third kappa shape index (κ3) is 2.37. The van der Waals surface area contributed by atoms with E-state index in [1.807, 2.05) is 0 Å². The Kier molecular flexibility index (Phi) is 2.56. The summed E-state index contributed by atoms with van der Waals surface area (Å²) in [6.45, 7) is 0. The fraction of sp³-hybridized carbons (Fsp3) is 0.833. The Hall–Kier alpha value is -0.780. The van der Waals surface area contributed by atoms with Gasteiger partial charge in [-0.1, -0.05) is 0 Å². The summed E-state index contributed by atoms with van der Waals surface area (Å²) in [5, 5.41) is 2.44. The molecule has 1 aliphatic heterocycles. The molecule has 1 fully saturated rings. The van der Waals surface area contributed by atoms with Crippen molar-refractivity contribution >= 4 is 15.9 Å². The molecule has 0 radical (unpaired) electrons. The van der Waals surface area contributed by atoms with E-state index in [1.165, 1.54) is 7.11 Å². The van der Waals surface area contributed by atoms with Crippen LogP contribution in [0.5, 0.6) is 0 Å². The maximum absolute atomic E-state index is 10.9. The summed E-state index contributed by atoms with van der Waals surface area (Å²) in [7, 11) is -1.67. The van der Waals surface area contributed by atoms with Crippen molar-refractivity contribution in [3.8, 4) is 0 Å². The Morgan fingerprint density at radius 1 is 1.58 bits per heavy atom. The fourth-order valence-corrected chi connectivity index (χ4v) is 2.81. The fourth-order valence-electron chi connectivity index (χ4n) is 1.13. The zero-order valence-electron chi connectivity index (χ0n) is 6.74. The van der Waals surface area contributed by atoms with Gasteiger partial charge in [-0.3, -0.25) is 0 Å². The molecule has 1 heterocycles. The van der Waals surface area contributed by atoms with Crippen molar-refractivity contribution in [2.45, 2.75) is 12.5 Å². The highest BCUT2D eigenvalue weighted by molar-refractivity contribution is 7.91. The number of rotatable bonds is 1. The Labute approximate surface area is 71.0 Å². The molecule has 1 N–H and O–H groups in total. The van der Waals surface area contributed by atoms with E-state index in [4.69, 9.17) is 0 Å². The van der Waals surface area contributed by atoms with E-state index in [2.05, 4.69) is 10.1 Å². The lowest BCUT2D eigenvalue weighted by molar-refractivity contribution is 0.167. The van der Waals surface area contributed by atoms with E-state index in [0.717, 1.165) is 0 Å². The number of hydrogen-bond donors (Lipinski definition) is 1. The van der Waals surface area contributed by atoms with E-state index in [1.54, 1.807) is 0 Å². The van der Waals surface area contributed by atoms with E-state index >= 15 is 0 Å². The predicted molar refractivity (Wildman–Crippen MR) is 42.6 cm³/mol. The molecule has 0 spiro atoms. The molecule has 0 saturated carbocycles. The van der Waals surface area contributed by atoms with Crippen LogP contribution in [0.25, 0.3) is 0 Å². The molecule has 5 nitrogen and oxygen atoms in total. The quantitative estimate of drug-likeness (QED) is 0.611. The Morgan fingerprint density at radius 3 is 2.67 bits per heavy atom. The molecule has 1 rings (SSSR count). The highest BCUT2D eigenvalue weighted by Crippen LogP contribution is 2.10. The van der Waals surface area contributed by atoms with Crippen LogP contribution >= 0.6 is 0 Å². The van der Waals surface area contributed by atoms with Crippen molar-refractivity contribution in [2.24, 2.45) is 0 Å². The predicted octanol–water partition coefficient (Wildman–Crippen LogP) is -0.470. The molecule has 12 heavy (non-hydrogen) atoms. The number of nitrogens with one attached hydrogen (secondary N) is 1. The average Bonchev–Trinajstić information content (AvgIpc) is 2.30. The molecule has 1 aliphatic rings. The molecule has 0 aromatic rings. The molecule has 0 bridgehead atoms. The van der Waals surface area contributed by atoms with Crippen LogP contribution < -0.4 is 5.32 Å². The van der Waals surface area contributed by atoms with Crippen LogP contribution in [0, 0.1) is 0 Å². The molecule has 0 aromatic heterocycles. The second-order valence-corrected chi connectivity index (χ2v) is 4.96. The van der Waals surface area contributed by atoms with Crippen LogP contribution in [-0.2, 0) is 14.6 Å². The largest absolute Gasteiger partial charge is 0.453 e. The number of hydrogen-bond acceptors (Lipinski definition) is 4. The van der Waals surface area contributed by atoms with Gasteiger partial charge in [-0.2, -0.15) is 0 Å². The maximum atomic E-state index is 10.9. The van der Waals surface area contributed by atoms with Gasteiger partial charge in [-0.05, 0) is 6.42 Å². The van der Waals surface area contributed by atoms with Gasteiger partial charge in [-0.25, -0.2) is 13.2 Å². The summed E-state index contributed by atoms with van der Waals surface area (Å²) in [5.41, 5.74) is 0. The van der Waals surface area contributed by atoms with Crippen molar-refractivity contribution < 1.29 is 17.9 Å². The van der Waals surface area contributed by atoms with Crippen LogP contribution in [-0.4, -0.2) is 39.2 Å². The van der Waals surface area contributed by atoms with Crippen molar-refractivity contribution in [1.82, 2.24) is 5.32 Å². The molecule has 0 unspecified atom stereocenters. The number of carbonyl (C=O) groups is 1. The first kappa shape index (κ1) is 9.31. The standard InChI is InChI=1S/C6H11NO4S/c1-11-6(8)7-5-2-3-12(9,10)4-5/h5H,2-4H2,1H3,(H,7,8)/t5-/m0/s1. The summed E-state index contributed by atoms with van der Waals surface area (Å²) in [5.74, 6) is 0.184. The Balaban J connectivity index is 2.43. The minimum Gasteiger partial charge on any atom is -0.453 e. The molecule has 1 atom stereocenters. The number of alkyl carbamates (subject to hydrolysis) is 1. The highest BCUT2D eigenvalue weighted by atomic mass is 32.2.